The number of methoxy groups -OCH3 is 1. The number of rotatable bonds is 3. The molecule has 0 atom stereocenters. The van der Waals surface area contributed by atoms with E-state index < -0.39 is 5.97 Å². The summed E-state index contributed by atoms with van der Waals surface area (Å²) in [6.45, 7) is 1.66. The Kier molecular flexibility index (Phi) is 5.48. The normalized spacial score (nSPS) is 8.76. The molecule has 0 unspecified atom stereocenters. The minimum absolute atomic E-state index is 0.183. The number of ether oxygens (including phenoxy) is 1. The fraction of sp³-hybridized carbons (Fsp3) is 0.143. The monoisotopic (exact) mass is 344 g/mol. The molecule has 0 aromatic heterocycles. The van der Waals surface area contributed by atoms with Gasteiger partial charge in [0.05, 0.1) is 12.7 Å². The summed E-state index contributed by atoms with van der Waals surface area (Å²) < 4.78 is 5.27. The molecule has 0 saturated heterocycles. The maximum Gasteiger partial charge on any atom is 0.338 e. The standard InChI is InChI=1S/C14H9BrN4O2/c1-8-11(14(20)21-2)3-10(15)4-12(8)19-13(7-18)9(5-16)6-17/h3-4,19H,1-2H3. The first-order valence-corrected chi connectivity index (χ1v) is 6.37. The summed E-state index contributed by atoms with van der Waals surface area (Å²) in [6, 6.07) is 8.24. The quantitative estimate of drug-likeness (QED) is 0.666. The smallest absolute Gasteiger partial charge is 0.338 e. The second-order valence-corrected chi connectivity index (χ2v) is 4.74. The van der Waals surface area contributed by atoms with Crippen LogP contribution in [0.15, 0.2) is 27.9 Å². The first kappa shape index (κ1) is 16.2. The number of nitrogens with one attached hydrogen (secondary N) is 1. The molecule has 1 N–H and O–H groups in total. The Morgan fingerprint density at radius 1 is 1.24 bits per heavy atom. The van der Waals surface area contributed by atoms with Crippen LogP contribution in [-0.4, -0.2) is 13.1 Å². The van der Waals surface area contributed by atoms with Gasteiger partial charge < -0.3 is 10.1 Å². The van der Waals surface area contributed by atoms with Crippen LogP contribution < -0.4 is 5.32 Å². The first-order valence-electron chi connectivity index (χ1n) is 5.58. The minimum Gasteiger partial charge on any atom is -0.465 e. The lowest BCUT2D eigenvalue weighted by molar-refractivity contribution is 0.0600. The van der Waals surface area contributed by atoms with Gasteiger partial charge in [0.2, 0.25) is 0 Å². The molecule has 0 spiro atoms. The third kappa shape index (κ3) is 3.60. The predicted molar refractivity (Wildman–Crippen MR) is 77.7 cm³/mol. The molecule has 0 fully saturated rings. The van der Waals surface area contributed by atoms with Crippen molar-refractivity contribution in [3.05, 3.63) is 39.0 Å². The zero-order valence-corrected chi connectivity index (χ0v) is 12.8. The molecule has 0 bridgehead atoms. The van der Waals surface area contributed by atoms with E-state index in [1.54, 1.807) is 37.3 Å². The molecular weight excluding hydrogens is 336 g/mol. The number of nitrogens with zero attached hydrogens (tertiary/aromatic N) is 3. The number of benzene rings is 1. The molecule has 0 heterocycles. The van der Waals surface area contributed by atoms with E-state index in [1.807, 2.05) is 0 Å². The molecule has 0 aliphatic heterocycles. The van der Waals surface area contributed by atoms with E-state index in [2.05, 4.69) is 26.0 Å². The Morgan fingerprint density at radius 2 is 1.86 bits per heavy atom. The Bertz CT molecular complexity index is 732. The third-order valence-corrected chi connectivity index (χ3v) is 3.08. The van der Waals surface area contributed by atoms with Gasteiger partial charge in [0.25, 0.3) is 0 Å². The van der Waals surface area contributed by atoms with E-state index in [-0.39, 0.29) is 11.3 Å². The molecule has 0 aliphatic carbocycles. The van der Waals surface area contributed by atoms with Crippen LogP contribution in [0.3, 0.4) is 0 Å². The highest BCUT2D eigenvalue weighted by Gasteiger charge is 2.15. The number of hydrogen-bond donors (Lipinski definition) is 1. The Balaban J connectivity index is 3.41. The fourth-order valence-corrected chi connectivity index (χ4v) is 2.01. The summed E-state index contributed by atoms with van der Waals surface area (Å²) in [6.07, 6.45) is 0. The number of halogens is 1. The fourth-order valence-electron chi connectivity index (χ4n) is 1.55. The van der Waals surface area contributed by atoms with Gasteiger partial charge in [-0.2, -0.15) is 15.8 Å². The second-order valence-electron chi connectivity index (χ2n) is 3.83. The maximum absolute atomic E-state index is 11.7. The minimum atomic E-state index is -0.528. The van der Waals surface area contributed by atoms with Crippen molar-refractivity contribution in [1.29, 1.82) is 15.8 Å². The molecule has 21 heavy (non-hydrogen) atoms. The number of nitriles is 3. The lowest BCUT2D eigenvalue weighted by Gasteiger charge is -2.12. The summed E-state index contributed by atoms with van der Waals surface area (Å²) >= 11 is 3.25. The van der Waals surface area contributed by atoms with E-state index >= 15 is 0 Å². The van der Waals surface area contributed by atoms with Gasteiger partial charge in [-0.25, -0.2) is 4.79 Å². The van der Waals surface area contributed by atoms with E-state index in [9.17, 15) is 4.79 Å². The van der Waals surface area contributed by atoms with E-state index in [4.69, 9.17) is 15.8 Å². The average Bonchev–Trinajstić information content (AvgIpc) is 2.49. The molecule has 1 rings (SSSR count). The largest absolute Gasteiger partial charge is 0.465 e. The van der Waals surface area contributed by atoms with Crippen molar-refractivity contribution in [2.75, 3.05) is 12.4 Å². The predicted octanol–water partition coefficient (Wildman–Crippen LogP) is 2.78. The van der Waals surface area contributed by atoms with Crippen molar-refractivity contribution in [1.82, 2.24) is 0 Å². The lowest BCUT2D eigenvalue weighted by atomic mass is 10.1. The number of anilines is 1. The number of carbonyl (C=O) groups is 1. The average molecular weight is 345 g/mol. The number of carbonyl (C=O) groups excluding carboxylic acids is 1. The van der Waals surface area contributed by atoms with Crippen molar-refractivity contribution in [3.63, 3.8) is 0 Å². The van der Waals surface area contributed by atoms with E-state index in [0.29, 0.717) is 21.3 Å². The SMILES string of the molecule is COC(=O)c1cc(Br)cc(NC(C#N)=C(C#N)C#N)c1C. The van der Waals surface area contributed by atoms with Crippen LogP contribution in [-0.2, 0) is 4.74 Å². The number of allylic oxidation sites excluding steroid dienone is 2. The molecule has 6 nitrogen and oxygen atoms in total. The maximum atomic E-state index is 11.7. The van der Waals surface area contributed by atoms with Gasteiger partial charge in [-0.3, -0.25) is 0 Å². The van der Waals surface area contributed by atoms with Gasteiger partial charge in [0.1, 0.15) is 23.9 Å². The summed E-state index contributed by atoms with van der Waals surface area (Å²) in [5.74, 6) is -0.528. The van der Waals surface area contributed by atoms with E-state index in [1.165, 1.54) is 7.11 Å². The van der Waals surface area contributed by atoms with Crippen LogP contribution in [0.1, 0.15) is 15.9 Å². The molecule has 1 aromatic rings. The Labute approximate surface area is 130 Å². The van der Waals surface area contributed by atoms with Crippen LogP contribution in [0.2, 0.25) is 0 Å². The van der Waals surface area contributed by atoms with Gasteiger partial charge in [0.15, 0.2) is 5.57 Å². The molecule has 1 aromatic carbocycles. The molecule has 104 valence electrons. The van der Waals surface area contributed by atoms with Gasteiger partial charge in [-0.05, 0) is 24.6 Å². The number of esters is 1. The van der Waals surface area contributed by atoms with Crippen LogP contribution in [0, 0.1) is 40.9 Å². The zero-order valence-electron chi connectivity index (χ0n) is 11.2. The first-order chi connectivity index (χ1) is 9.98. The van der Waals surface area contributed by atoms with Gasteiger partial charge in [-0.1, -0.05) is 15.9 Å². The van der Waals surface area contributed by atoms with Crippen molar-refractivity contribution in [2.24, 2.45) is 0 Å². The van der Waals surface area contributed by atoms with Gasteiger partial charge >= 0.3 is 5.97 Å². The highest BCUT2D eigenvalue weighted by atomic mass is 79.9. The molecule has 0 radical (unpaired) electrons. The van der Waals surface area contributed by atoms with Crippen molar-refractivity contribution in [2.45, 2.75) is 6.92 Å². The summed E-state index contributed by atoms with van der Waals surface area (Å²) in [7, 11) is 1.26. The van der Waals surface area contributed by atoms with Gasteiger partial charge in [-0.15, -0.1) is 0 Å². The highest BCUT2D eigenvalue weighted by Crippen LogP contribution is 2.27. The van der Waals surface area contributed by atoms with Crippen molar-refractivity contribution < 1.29 is 9.53 Å². The Hall–Kier alpha value is -2.82. The van der Waals surface area contributed by atoms with Crippen LogP contribution in [0.25, 0.3) is 0 Å². The topological polar surface area (TPSA) is 110 Å². The molecule has 7 heteroatoms. The van der Waals surface area contributed by atoms with Crippen LogP contribution >= 0.6 is 15.9 Å². The van der Waals surface area contributed by atoms with E-state index in [0.717, 1.165) is 0 Å². The third-order valence-electron chi connectivity index (χ3n) is 2.62. The second kappa shape index (κ2) is 7.09. The van der Waals surface area contributed by atoms with Gasteiger partial charge in [0, 0.05) is 10.2 Å². The zero-order chi connectivity index (χ0) is 16.0. The van der Waals surface area contributed by atoms with Crippen molar-refractivity contribution >= 4 is 27.6 Å². The molecule has 0 saturated carbocycles. The molecule has 0 aliphatic rings. The van der Waals surface area contributed by atoms with Crippen LogP contribution in [0.4, 0.5) is 5.69 Å². The van der Waals surface area contributed by atoms with Crippen LogP contribution in [0.5, 0.6) is 0 Å². The molecular formula is C14H9BrN4O2. The summed E-state index contributed by atoms with van der Waals surface area (Å²) in [5, 5.41) is 29.3. The lowest BCUT2D eigenvalue weighted by Crippen LogP contribution is -2.08. The summed E-state index contributed by atoms with van der Waals surface area (Å²) in [5.41, 5.74) is 0.744. The highest BCUT2D eigenvalue weighted by molar-refractivity contribution is 9.10. The van der Waals surface area contributed by atoms with Crippen molar-refractivity contribution in [3.8, 4) is 18.2 Å². The molecule has 0 amide bonds. The summed E-state index contributed by atoms with van der Waals surface area (Å²) in [4.78, 5) is 11.7. The number of hydrogen-bond acceptors (Lipinski definition) is 6. The Morgan fingerprint density at radius 3 is 2.33 bits per heavy atom.